The summed E-state index contributed by atoms with van der Waals surface area (Å²) < 4.78 is 40.3. The van der Waals surface area contributed by atoms with Crippen molar-refractivity contribution < 1.29 is 22.6 Å². The van der Waals surface area contributed by atoms with Crippen LogP contribution in [0.15, 0.2) is 70.0 Å². The lowest BCUT2D eigenvalue weighted by Crippen LogP contribution is -2.38. The Balaban J connectivity index is 1.66. The van der Waals surface area contributed by atoms with Crippen LogP contribution in [0.1, 0.15) is 15.9 Å². The molecule has 0 radical (unpaired) electrons. The second-order valence-corrected chi connectivity index (χ2v) is 9.19. The molecule has 0 fully saturated rings. The number of anilines is 2. The molecule has 0 saturated heterocycles. The standard InChI is InChI=1S/C22H15BrF2N2O3S/c23-15-4-7-18(17(25)10-15)26-22(29)14-3-8-20-19(9-14)27(21(28)12-31(20)30)11-13-1-5-16(24)6-2-13/h1-10H,11-12H2,(H,26,29)/t31-/m1/s1. The molecule has 1 aliphatic rings. The Kier molecular flexibility index (Phi) is 5.97. The minimum absolute atomic E-state index is 0.00809. The minimum Gasteiger partial charge on any atom is -0.319 e. The van der Waals surface area contributed by atoms with Gasteiger partial charge >= 0.3 is 0 Å². The van der Waals surface area contributed by atoms with Crippen LogP contribution in [0.4, 0.5) is 20.2 Å². The number of halogens is 3. The van der Waals surface area contributed by atoms with Gasteiger partial charge in [-0.1, -0.05) is 28.1 Å². The molecule has 3 aromatic carbocycles. The molecule has 0 aromatic heterocycles. The molecule has 1 atom stereocenters. The molecule has 5 nitrogen and oxygen atoms in total. The fourth-order valence-electron chi connectivity index (χ4n) is 3.20. The molecule has 1 heterocycles. The lowest BCUT2D eigenvalue weighted by molar-refractivity contribution is -0.116. The normalized spacial score (nSPS) is 15.5. The zero-order valence-electron chi connectivity index (χ0n) is 15.9. The van der Waals surface area contributed by atoms with Crippen molar-refractivity contribution in [3.05, 3.63) is 87.9 Å². The van der Waals surface area contributed by atoms with E-state index < -0.39 is 28.3 Å². The van der Waals surface area contributed by atoms with Gasteiger partial charge in [0.15, 0.2) is 0 Å². The number of rotatable bonds is 4. The van der Waals surface area contributed by atoms with Crippen molar-refractivity contribution in [3.63, 3.8) is 0 Å². The Labute approximate surface area is 187 Å². The molecule has 0 aliphatic carbocycles. The number of amides is 2. The molecular formula is C22H15BrF2N2O3S. The Morgan fingerprint density at radius 1 is 1.06 bits per heavy atom. The van der Waals surface area contributed by atoms with Crippen LogP contribution in [0, 0.1) is 11.6 Å². The van der Waals surface area contributed by atoms with Crippen LogP contribution in [0.25, 0.3) is 0 Å². The third-order valence-electron chi connectivity index (χ3n) is 4.75. The van der Waals surface area contributed by atoms with Crippen LogP contribution in [0.2, 0.25) is 0 Å². The average Bonchev–Trinajstić information content (AvgIpc) is 2.74. The van der Waals surface area contributed by atoms with Gasteiger partial charge in [-0.25, -0.2) is 8.78 Å². The molecule has 0 unspecified atom stereocenters. The summed E-state index contributed by atoms with van der Waals surface area (Å²) in [5.74, 6) is -2.12. The third-order valence-corrected chi connectivity index (χ3v) is 6.58. The van der Waals surface area contributed by atoms with E-state index in [1.807, 2.05) is 0 Å². The second kappa shape index (κ2) is 8.68. The lowest BCUT2D eigenvalue weighted by Gasteiger charge is -2.29. The maximum Gasteiger partial charge on any atom is 0.255 e. The summed E-state index contributed by atoms with van der Waals surface area (Å²) in [6.45, 7) is 0.135. The fraction of sp³-hybridized carbons (Fsp3) is 0.0909. The summed E-state index contributed by atoms with van der Waals surface area (Å²) in [6.07, 6.45) is 0. The summed E-state index contributed by atoms with van der Waals surface area (Å²) in [6, 6.07) is 14.4. The number of hydrogen-bond acceptors (Lipinski definition) is 3. The maximum absolute atomic E-state index is 14.1. The highest BCUT2D eigenvalue weighted by Crippen LogP contribution is 2.32. The highest BCUT2D eigenvalue weighted by atomic mass is 79.9. The van der Waals surface area contributed by atoms with Gasteiger partial charge in [0, 0.05) is 10.0 Å². The number of benzene rings is 3. The maximum atomic E-state index is 14.1. The number of fused-ring (bicyclic) bond motifs is 1. The van der Waals surface area contributed by atoms with Gasteiger partial charge in [-0.15, -0.1) is 0 Å². The van der Waals surface area contributed by atoms with Crippen LogP contribution < -0.4 is 10.2 Å². The number of nitrogens with zero attached hydrogens (tertiary/aromatic N) is 1. The van der Waals surface area contributed by atoms with E-state index in [1.165, 1.54) is 47.4 Å². The summed E-state index contributed by atoms with van der Waals surface area (Å²) in [5, 5.41) is 2.50. The largest absolute Gasteiger partial charge is 0.319 e. The zero-order chi connectivity index (χ0) is 22.1. The van der Waals surface area contributed by atoms with Crippen molar-refractivity contribution in [1.29, 1.82) is 0 Å². The van der Waals surface area contributed by atoms with Crippen LogP contribution >= 0.6 is 15.9 Å². The minimum atomic E-state index is -1.54. The van der Waals surface area contributed by atoms with Gasteiger partial charge in [0.05, 0.1) is 33.6 Å². The van der Waals surface area contributed by atoms with E-state index >= 15 is 0 Å². The SMILES string of the molecule is O=C(Nc1ccc(Br)cc1F)c1ccc2c(c1)N(Cc1ccc(F)cc1)C(=O)C[S@]2=O. The van der Waals surface area contributed by atoms with Gasteiger partial charge in [0.2, 0.25) is 5.91 Å². The summed E-state index contributed by atoms with van der Waals surface area (Å²) in [5.41, 5.74) is 1.20. The first-order chi connectivity index (χ1) is 14.8. The lowest BCUT2D eigenvalue weighted by atomic mass is 10.1. The molecule has 1 aliphatic heterocycles. The fourth-order valence-corrected chi connectivity index (χ4v) is 4.69. The van der Waals surface area contributed by atoms with Gasteiger partial charge < -0.3 is 10.2 Å². The first-order valence-corrected chi connectivity index (χ1v) is 11.3. The zero-order valence-corrected chi connectivity index (χ0v) is 18.3. The van der Waals surface area contributed by atoms with Gasteiger partial charge in [0.1, 0.15) is 17.4 Å². The van der Waals surface area contributed by atoms with E-state index in [0.717, 1.165) is 0 Å². The monoisotopic (exact) mass is 504 g/mol. The van der Waals surface area contributed by atoms with E-state index in [4.69, 9.17) is 0 Å². The van der Waals surface area contributed by atoms with Crippen molar-refractivity contribution in [2.24, 2.45) is 0 Å². The Bertz CT molecular complexity index is 1220. The van der Waals surface area contributed by atoms with Crippen molar-refractivity contribution >= 4 is 49.9 Å². The van der Waals surface area contributed by atoms with Crippen molar-refractivity contribution in [2.75, 3.05) is 16.0 Å². The van der Waals surface area contributed by atoms with Gasteiger partial charge in [0.25, 0.3) is 5.91 Å². The molecule has 31 heavy (non-hydrogen) atoms. The van der Waals surface area contributed by atoms with Crippen molar-refractivity contribution in [2.45, 2.75) is 11.4 Å². The first-order valence-electron chi connectivity index (χ1n) is 9.15. The molecule has 9 heteroatoms. The van der Waals surface area contributed by atoms with Gasteiger partial charge in [-0.3, -0.25) is 13.8 Å². The molecular weight excluding hydrogens is 490 g/mol. The molecule has 3 aromatic rings. The smallest absolute Gasteiger partial charge is 0.255 e. The predicted molar refractivity (Wildman–Crippen MR) is 117 cm³/mol. The molecule has 0 bridgehead atoms. The van der Waals surface area contributed by atoms with Crippen LogP contribution in [0.5, 0.6) is 0 Å². The number of nitrogens with one attached hydrogen (secondary N) is 1. The predicted octanol–water partition coefficient (Wildman–Crippen LogP) is 4.63. The highest BCUT2D eigenvalue weighted by Gasteiger charge is 2.30. The Morgan fingerprint density at radius 3 is 2.52 bits per heavy atom. The summed E-state index contributed by atoms with van der Waals surface area (Å²) in [4.78, 5) is 27.1. The molecule has 0 spiro atoms. The molecule has 0 saturated carbocycles. The van der Waals surface area contributed by atoms with E-state index in [9.17, 15) is 22.6 Å². The van der Waals surface area contributed by atoms with Gasteiger partial charge in [-0.05, 0) is 54.1 Å². The van der Waals surface area contributed by atoms with E-state index in [-0.39, 0.29) is 29.5 Å². The van der Waals surface area contributed by atoms with Crippen molar-refractivity contribution in [3.8, 4) is 0 Å². The van der Waals surface area contributed by atoms with Crippen LogP contribution in [0.3, 0.4) is 0 Å². The van der Waals surface area contributed by atoms with Crippen LogP contribution in [-0.4, -0.2) is 21.8 Å². The van der Waals surface area contributed by atoms with E-state index in [2.05, 4.69) is 21.2 Å². The summed E-state index contributed by atoms with van der Waals surface area (Å²) in [7, 11) is -1.54. The van der Waals surface area contributed by atoms with E-state index in [1.54, 1.807) is 18.2 Å². The second-order valence-electron chi connectivity index (χ2n) is 6.86. The molecule has 158 valence electrons. The highest BCUT2D eigenvalue weighted by molar-refractivity contribution is 9.10. The number of carbonyl (C=O) groups is 2. The van der Waals surface area contributed by atoms with Crippen LogP contribution in [-0.2, 0) is 22.1 Å². The van der Waals surface area contributed by atoms with Gasteiger partial charge in [-0.2, -0.15) is 0 Å². The molecule has 1 N–H and O–H groups in total. The number of hydrogen-bond donors (Lipinski definition) is 1. The Morgan fingerprint density at radius 2 is 1.81 bits per heavy atom. The topological polar surface area (TPSA) is 66.5 Å². The first kappa shape index (κ1) is 21.3. The third kappa shape index (κ3) is 4.57. The molecule has 4 rings (SSSR count). The van der Waals surface area contributed by atoms with E-state index in [0.29, 0.717) is 20.6 Å². The quantitative estimate of drug-likeness (QED) is 0.563. The Hall–Kier alpha value is -2.91. The van der Waals surface area contributed by atoms with Crippen molar-refractivity contribution in [1.82, 2.24) is 0 Å². The molecule has 2 amide bonds. The number of carbonyl (C=O) groups excluding carboxylic acids is 2. The summed E-state index contributed by atoms with van der Waals surface area (Å²) >= 11 is 3.16. The average molecular weight is 505 g/mol.